The fraction of sp³-hybridized carbons (Fsp3) is 0.389. The van der Waals surface area contributed by atoms with Crippen LogP contribution in [0.4, 0.5) is 5.69 Å². The van der Waals surface area contributed by atoms with Crippen molar-refractivity contribution in [1.82, 2.24) is 5.32 Å². The molecule has 1 saturated heterocycles. The minimum Gasteiger partial charge on any atom is -0.497 e. The number of amides is 1. The van der Waals surface area contributed by atoms with Crippen LogP contribution in [0.15, 0.2) is 36.4 Å². The molecule has 5 heteroatoms. The van der Waals surface area contributed by atoms with E-state index in [4.69, 9.17) is 4.74 Å². The van der Waals surface area contributed by atoms with Crippen molar-refractivity contribution >= 4 is 22.9 Å². The summed E-state index contributed by atoms with van der Waals surface area (Å²) >= 11 is 1.55. The van der Waals surface area contributed by atoms with Crippen molar-refractivity contribution in [2.45, 2.75) is 25.8 Å². The third-order valence-electron chi connectivity index (χ3n) is 4.23. The van der Waals surface area contributed by atoms with Gasteiger partial charge in [0.25, 0.3) is 5.91 Å². The molecule has 0 aliphatic carbocycles. The second-order valence-electron chi connectivity index (χ2n) is 5.84. The molecule has 0 radical (unpaired) electrons. The zero-order valence-corrected chi connectivity index (χ0v) is 14.4. The van der Waals surface area contributed by atoms with Gasteiger partial charge in [-0.1, -0.05) is 0 Å². The van der Waals surface area contributed by atoms with Crippen LogP contribution < -0.4 is 15.0 Å². The lowest BCUT2D eigenvalue weighted by Crippen LogP contribution is -2.44. The van der Waals surface area contributed by atoms with Crippen LogP contribution in [0, 0.1) is 6.92 Å². The Balaban J connectivity index is 1.52. The molecule has 1 aromatic heterocycles. The number of ether oxygens (including phenoxy) is 1. The molecule has 23 heavy (non-hydrogen) atoms. The maximum atomic E-state index is 12.2. The quantitative estimate of drug-likeness (QED) is 0.933. The number of hydrogen-bond donors (Lipinski definition) is 1. The molecular formula is C18H22N2O2S. The number of nitrogens with zero attached hydrogens (tertiary/aromatic N) is 1. The molecule has 1 aliphatic rings. The minimum absolute atomic E-state index is 0.0611. The van der Waals surface area contributed by atoms with Crippen molar-refractivity contribution in [3.05, 3.63) is 46.2 Å². The predicted molar refractivity (Wildman–Crippen MR) is 94.8 cm³/mol. The van der Waals surface area contributed by atoms with Gasteiger partial charge in [-0.25, -0.2) is 0 Å². The molecule has 3 rings (SSSR count). The van der Waals surface area contributed by atoms with E-state index in [2.05, 4.69) is 22.3 Å². The van der Waals surface area contributed by atoms with Gasteiger partial charge in [0.05, 0.1) is 12.0 Å². The number of nitrogens with one attached hydrogen (secondary N) is 1. The topological polar surface area (TPSA) is 41.6 Å². The minimum atomic E-state index is 0.0611. The van der Waals surface area contributed by atoms with Gasteiger partial charge in [0, 0.05) is 29.7 Å². The number of methoxy groups -OCH3 is 1. The molecule has 1 N–H and O–H groups in total. The van der Waals surface area contributed by atoms with Gasteiger partial charge in [0.2, 0.25) is 0 Å². The van der Waals surface area contributed by atoms with Crippen LogP contribution in [-0.4, -0.2) is 32.1 Å². The molecule has 0 unspecified atom stereocenters. The van der Waals surface area contributed by atoms with E-state index in [0.717, 1.165) is 36.6 Å². The van der Waals surface area contributed by atoms with Crippen LogP contribution >= 0.6 is 11.3 Å². The van der Waals surface area contributed by atoms with Crippen molar-refractivity contribution in [3.63, 3.8) is 0 Å². The highest BCUT2D eigenvalue weighted by Crippen LogP contribution is 2.23. The van der Waals surface area contributed by atoms with E-state index in [-0.39, 0.29) is 11.9 Å². The first-order valence-corrected chi connectivity index (χ1v) is 8.73. The Kier molecular flexibility index (Phi) is 4.86. The van der Waals surface area contributed by atoms with E-state index in [1.807, 2.05) is 31.2 Å². The summed E-state index contributed by atoms with van der Waals surface area (Å²) in [5.41, 5.74) is 1.21. The van der Waals surface area contributed by atoms with Gasteiger partial charge in [-0.05, 0) is 56.2 Å². The van der Waals surface area contributed by atoms with Gasteiger partial charge in [-0.3, -0.25) is 4.79 Å². The third kappa shape index (κ3) is 3.85. The fourth-order valence-electron chi connectivity index (χ4n) is 2.89. The Hall–Kier alpha value is -2.01. The molecule has 0 atom stereocenters. The molecule has 1 aliphatic heterocycles. The average molecular weight is 330 g/mol. The fourth-order valence-corrected chi connectivity index (χ4v) is 3.66. The van der Waals surface area contributed by atoms with Crippen molar-refractivity contribution in [2.24, 2.45) is 0 Å². The molecule has 4 nitrogen and oxygen atoms in total. The number of rotatable bonds is 4. The van der Waals surface area contributed by atoms with Crippen LogP contribution in [0.2, 0.25) is 0 Å². The van der Waals surface area contributed by atoms with Crippen LogP contribution in [-0.2, 0) is 0 Å². The highest BCUT2D eigenvalue weighted by Gasteiger charge is 2.21. The molecule has 2 aromatic rings. The summed E-state index contributed by atoms with van der Waals surface area (Å²) in [6.07, 6.45) is 1.95. The molecule has 2 heterocycles. The lowest BCUT2D eigenvalue weighted by molar-refractivity contribution is 0.0935. The Labute approximate surface area is 141 Å². The maximum Gasteiger partial charge on any atom is 0.261 e. The highest BCUT2D eigenvalue weighted by molar-refractivity contribution is 7.13. The van der Waals surface area contributed by atoms with Gasteiger partial charge < -0.3 is 15.0 Å². The number of carbonyl (C=O) groups is 1. The number of anilines is 1. The number of hydrogen-bond acceptors (Lipinski definition) is 4. The third-order valence-corrected chi connectivity index (χ3v) is 5.23. The van der Waals surface area contributed by atoms with Gasteiger partial charge in [0.1, 0.15) is 5.75 Å². The summed E-state index contributed by atoms with van der Waals surface area (Å²) in [7, 11) is 1.68. The lowest BCUT2D eigenvalue weighted by atomic mass is 10.0. The number of piperidine rings is 1. The zero-order valence-electron chi connectivity index (χ0n) is 13.5. The maximum absolute atomic E-state index is 12.2. The summed E-state index contributed by atoms with van der Waals surface area (Å²) in [6.45, 7) is 3.94. The number of carbonyl (C=O) groups excluding carboxylic acids is 1. The van der Waals surface area contributed by atoms with Crippen molar-refractivity contribution in [3.8, 4) is 5.75 Å². The summed E-state index contributed by atoms with van der Waals surface area (Å²) in [6, 6.07) is 12.3. The van der Waals surface area contributed by atoms with E-state index in [1.165, 1.54) is 10.6 Å². The van der Waals surface area contributed by atoms with Gasteiger partial charge >= 0.3 is 0 Å². The normalized spacial score (nSPS) is 15.5. The van der Waals surface area contributed by atoms with Crippen LogP contribution in [0.25, 0.3) is 0 Å². The Bertz CT molecular complexity index is 658. The van der Waals surface area contributed by atoms with Crippen molar-refractivity contribution < 1.29 is 9.53 Å². The van der Waals surface area contributed by atoms with Crippen LogP contribution in [0.3, 0.4) is 0 Å². The van der Waals surface area contributed by atoms with E-state index >= 15 is 0 Å². The second kappa shape index (κ2) is 7.04. The summed E-state index contributed by atoms with van der Waals surface area (Å²) in [4.78, 5) is 16.6. The molecule has 0 saturated carbocycles. The van der Waals surface area contributed by atoms with Crippen LogP contribution in [0.5, 0.6) is 5.75 Å². The Morgan fingerprint density at radius 2 is 1.87 bits per heavy atom. The molecule has 1 amide bonds. The molecule has 1 aromatic carbocycles. The number of aryl methyl sites for hydroxylation is 1. The standard InChI is InChI=1S/C18H22N2O2S/c1-13-3-8-17(23-13)18(21)19-14-9-11-20(12-10-14)15-4-6-16(22-2)7-5-15/h3-8,14H,9-12H2,1-2H3,(H,19,21). The number of thiophene rings is 1. The van der Waals surface area contributed by atoms with E-state index in [9.17, 15) is 4.79 Å². The second-order valence-corrected chi connectivity index (χ2v) is 7.13. The van der Waals surface area contributed by atoms with Gasteiger partial charge in [-0.15, -0.1) is 11.3 Å². The molecular weight excluding hydrogens is 308 g/mol. The molecule has 1 fully saturated rings. The molecule has 122 valence electrons. The smallest absolute Gasteiger partial charge is 0.261 e. The highest BCUT2D eigenvalue weighted by atomic mass is 32.1. The van der Waals surface area contributed by atoms with Crippen LogP contribution in [0.1, 0.15) is 27.4 Å². The van der Waals surface area contributed by atoms with Crippen molar-refractivity contribution in [1.29, 1.82) is 0 Å². The summed E-state index contributed by atoms with van der Waals surface area (Å²) in [5, 5.41) is 3.16. The number of benzene rings is 1. The Morgan fingerprint density at radius 3 is 2.43 bits per heavy atom. The molecule has 0 spiro atoms. The molecule has 0 bridgehead atoms. The van der Waals surface area contributed by atoms with E-state index in [1.54, 1.807) is 18.4 Å². The SMILES string of the molecule is COc1ccc(N2CCC(NC(=O)c3ccc(C)s3)CC2)cc1. The first-order valence-electron chi connectivity index (χ1n) is 7.92. The first kappa shape index (κ1) is 15.9. The van der Waals surface area contributed by atoms with E-state index in [0.29, 0.717) is 0 Å². The van der Waals surface area contributed by atoms with E-state index < -0.39 is 0 Å². The zero-order chi connectivity index (χ0) is 16.2. The predicted octanol–water partition coefficient (Wildman–Crippen LogP) is 3.46. The summed E-state index contributed by atoms with van der Waals surface area (Å²) < 4.78 is 5.20. The van der Waals surface area contributed by atoms with Gasteiger partial charge in [-0.2, -0.15) is 0 Å². The van der Waals surface area contributed by atoms with Crippen molar-refractivity contribution in [2.75, 3.05) is 25.1 Å². The average Bonchev–Trinajstić information content (AvgIpc) is 3.02. The monoisotopic (exact) mass is 330 g/mol. The Morgan fingerprint density at radius 1 is 1.17 bits per heavy atom. The lowest BCUT2D eigenvalue weighted by Gasteiger charge is -2.34. The van der Waals surface area contributed by atoms with Gasteiger partial charge in [0.15, 0.2) is 0 Å². The largest absolute Gasteiger partial charge is 0.497 e. The summed E-state index contributed by atoms with van der Waals surface area (Å²) in [5.74, 6) is 0.938. The first-order chi connectivity index (χ1) is 11.2.